The van der Waals surface area contributed by atoms with Gasteiger partial charge < -0.3 is 16.0 Å². The SMILES string of the molecule is CN=C(NCc1ccc(NC(=O)C(C)C)cc1)NC1CN(C(C)C)CC1C.I. The second-order valence-corrected chi connectivity index (χ2v) is 8.04. The zero-order chi connectivity index (χ0) is 20.0. The summed E-state index contributed by atoms with van der Waals surface area (Å²) in [5.41, 5.74) is 1.97. The summed E-state index contributed by atoms with van der Waals surface area (Å²) in [6, 6.07) is 8.90. The average molecular weight is 501 g/mol. The first-order valence-corrected chi connectivity index (χ1v) is 9.91. The lowest BCUT2D eigenvalue weighted by Crippen LogP contribution is -2.46. The molecule has 2 rings (SSSR count). The van der Waals surface area contributed by atoms with Crippen molar-refractivity contribution < 1.29 is 4.79 Å². The Bertz CT molecular complexity index is 645. The second kappa shape index (κ2) is 11.6. The molecule has 1 aliphatic heterocycles. The highest BCUT2D eigenvalue weighted by Gasteiger charge is 2.31. The number of anilines is 1. The predicted molar refractivity (Wildman–Crippen MR) is 128 cm³/mol. The fourth-order valence-electron chi connectivity index (χ4n) is 3.16. The Labute approximate surface area is 187 Å². The number of carbonyl (C=O) groups excluding carboxylic acids is 1. The number of benzene rings is 1. The first-order valence-electron chi connectivity index (χ1n) is 9.91. The van der Waals surface area contributed by atoms with Crippen LogP contribution in [0, 0.1) is 11.8 Å². The van der Waals surface area contributed by atoms with E-state index in [2.05, 4.69) is 46.6 Å². The number of guanidine groups is 1. The summed E-state index contributed by atoms with van der Waals surface area (Å²) in [6.45, 7) is 13.4. The number of rotatable bonds is 6. The van der Waals surface area contributed by atoms with E-state index in [9.17, 15) is 4.79 Å². The molecule has 2 atom stereocenters. The molecule has 1 aromatic rings. The number of nitrogens with one attached hydrogen (secondary N) is 3. The lowest BCUT2D eigenvalue weighted by molar-refractivity contribution is -0.118. The van der Waals surface area contributed by atoms with Crippen LogP contribution < -0.4 is 16.0 Å². The summed E-state index contributed by atoms with van der Waals surface area (Å²) in [6.07, 6.45) is 0. The first-order chi connectivity index (χ1) is 12.8. The molecule has 0 bridgehead atoms. The zero-order valence-electron chi connectivity index (χ0n) is 18.0. The number of nitrogens with zero attached hydrogens (tertiary/aromatic N) is 2. The maximum Gasteiger partial charge on any atom is 0.226 e. The van der Waals surface area contributed by atoms with Crippen molar-refractivity contribution in [2.45, 2.75) is 53.2 Å². The van der Waals surface area contributed by atoms with Gasteiger partial charge in [0.1, 0.15) is 0 Å². The summed E-state index contributed by atoms with van der Waals surface area (Å²) in [4.78, 5) is 18.6. The van der Waals surface area contributed by atoms with E-state index in [0.717, 1.165) is 30.3 Å². The normalized spacial score (nSPS) is 20.2. The molecule has 0 aliphatic carbocycles. The van der Waals surface area contributed by atoms with Gasteiger partial charge in [-0.3, -0.25) is 14.7 Å². The lowest BCUT2D eigenvalue weighted by atomic mass is 10.1. The number of carbonyl (C=O) groups is 1. The molecule has 0 radical (unpaired) electrons. The molecule has 6 nitrogen and oxygen atoms in total. The largest absolute Gasteiger partial charge is 0.352 e. The first kappa shape index (κ1) is 24.7. The van der Waals surface area contributed by atoms with Crippen LogP contribution in [0.1, 0.15) is 40.2 Å². The smallest absolute Gasteiger partial charge is 0.226 e. The van der Waals surface area contributed by atoms with Crippen LogP contribution in [0.25, 0.3) is 0 Å². The highest BCUT2D eigenvalue weighted by Crippen LogP contribution is 2.18. The Hall–Kier alpha value is -1.35. The zero-order valence-corrected chi connectivity index (χ0v) is 20.3. The molecule has 1 aromatic carbocycles. The molecular weight excluding hydrogens is 465 g/mol. The number of likely N-dealkylation sites (tertiary alicyclic amines) is 1. The molecule has 7 heteroatoms. The van der Waals surface area contributed by atoms with Gasteiger partial charge in [0, 0.05) is 50.4 Å². The van der Waals surface area contributed by atoms with Gasteiger partial charge in [-0.2, -0.15) is 0 Å². The third kappa shape index (κ3) is 7.24. The van der Waals surface area contributed by atoms with Gasteiger partial charge in [0.2, 0.25) is 5.91 Å². The quantitative estimate of drug-likeness (QED) is 0.318. The fourth-order valence-corrected chi connectivity index (χ4v) is 3.16. The van der Waals surface area contributed by atoms with Gasteiger partial charge in [0.15, 0.2) is 5.96 Å². The molecule has 3 N–H and O–H groups in total. The van der Waals surface area contributed by atoms with E-state index in [4.69, 9.17) is 0 Å². The average Bonchev–Trinajstić information content (AvgIpc) is 3.00. The minimum absolute atomic E-state index is 0. The molecule has 1 fully saturated rings. The van der Waals surface area contributed by atoms with Crippen molar-refractivity contribution in [3.63, 3.8) is 0 Å². The van der Waals surface area contributed by atoms with Crippen molar-refractivity contribution >= 4 is 41.5 Å². The van der Waals surface area contributed by atoms with Gasteiger partial charge >= 0.3 is 0 Å². The molecular formula is C21H36IN5O. The van der Waals surface area contributed by atoms with Gasteiger partial charge in [-0.25, -0.2) is 0 Å². The van der Waals surface area contributed by atoms with E-state index >= 15 is 0 Å². The van der Waals surface area contributed by atoms with Gasteiger partial charge in [-0.1, -0.05) is 32.9 Å². The van der Waals surface area contributed by atoms with Crippen LogP contribution in [0.4, 0.5) is 5.69 Å². The van der Waals surface area contributed by atoms with Crippen LogP contribution in [0.5, 0.6) is 0 Å². The number of aliphatic imine (C=N–C) groups is 1. The molecule has 1 saturated heterocycles. The Balaban J connectivity index is 0.00000392. The minimum atomic E-state index is -0.0228. The maximum absolute atomic E-state index is 11.8. The molecule has 28 heavy (non-hydrogen) atoms. The summed E-state index contributed by atoms with van der Waals surface area (Å²) < 4.78 is 0. The summed E-state index contributed by atoms with van der Waals surface area (Å²) in [5.74, 6) is 1.43. The highest BCUT2D eigenvalue weighted by atomic mass is 127. The van der Waals surface area contributed by atoms with E-state index in [-0.39, 0.29) is 35.8 Å². The number of amides is 1. The van der Waals surface area contributed by atoms with Crippen molar-refractivity contribution in [3.05, 3.63) is 29.8 Å². The van der Waals surface area contributed by atoms with E-state index < -0.39 is 0 Å². The van der Waals surface area contributed by atoms with Crippen LogP contribution in [0.3, 0.4) is 0 Å². The molecule has 1 aliphatic rings. The van der Waals surface area contributed by atoms with Crippen LogP contribution in [0.15, 0.2) is 29.3 Å². The Kier molecular flexibility index (Phi) is 10.2. The van der Waals surface area contributed by atoms with Gasteiger partial charge in [-0.15, -0.1) is 24.0 Å². The number of hydrogen-bond acceptors (Lipinski definition) is 3. The van der Waals surface area contributed by atoms with E-state index in [0.29, 0.717) is 24.5 Å². The van der Waals surface area contributed by atoms with Crippen molar-refractivity contribution in [1.29, 1.82) is 0 Å². The Morgan fingerprint density at radius 1 is 1.18 bits per heavy atom. The monoisotopic (exact) mass is 501 g/mol. The van der Waals surface area contributed by atoms with Crippen LogP contribution >= 0.6 is 24.0 Å². The Morgan fingerprint density at radius 3 is 2.32 bits per heavy atom. The van der Waals surface area contributed by atoms with Gasteiger partial charge in [0.05, 0.1) is 0 Å². The third-order valence-corrected chi connectivity index (χ3v) is 5.12. The van der Waals surface area contributed by atoms with Crippen molar-refractivity contribution in [2.75, 3.05) is 25.5 Å². The predicted octanol–water partition coefficient (Wildman–Crippen LogP) is 3.29. The summed E-state index contributed by atoms with van der Waals surface area (Å²) >= 11 is 0. The van der Waals surface area contributed by atoms with Crippen LogP contribution in [0.2, 0.25) is 0 Å². The topological polar surface area (TPSA) is 68.8 Å². The fraction of sp³-hybridized carbons (Fsp3) is 0.619. The molecule has 0 spiro atoms. The van der Waals surface area contributed by atoms with Crippen LogP contribution in [-0.4, -0.2) is 49.0 Å². The highest BCUT2D eigenvalue weighted by molar-refractivity contribution is 14.0. The third-order valence-electron chi connectivity index (χ3n) is 5.12. The summed E-state index contributed by atoms with van der Waals surface area (Å²) in [7, 11) is 1.81. The molecule has 0 saturated carbocycles. The Morgan fingerprint density at radius 2 is 1.82 bits per heavy atom. The standard InChI is InChI=1S/C21H35N5O.HI/c1-14(2)20(27)24-18-9-7-17(8-10-18)11-23-21(22-6)25-19-13-26(15(3)4)12-16(19)5;/h7-10,14-16,19H,11-13H2,1-6H3,(H,24,27)(H2,22,23,25);1H. The van der Waals surface area contributed by atoms with Crippen molar-refractivity contribution in [3.8, 4) is 0 Å². The molecule has 1 amide bonds. The van der Waals surface area contributed by atoms with E-state index in [1.54, 1.807) is 7.05 Å². The number of halogens is 1. The second-order valence-electron chi connectivity index (χ2n) is 8.04. The molecule has 2 unspecified atom stereocenters. The molecule has 158 valence electrons. The number of hydrogen-bond donors (Lipinski definition) is 3. The summed E-state index contributed by atoms with van der Waals surface area (Å²) in [5, 5.41) is 9.86. The van der Waals surface area contributed by atoms with Crippen molar-refractivity contribution in [1.82, 2.24) is 15.5 Å². The molecule has 1 heterocycles. The van der Waals surface area contributed by atoms with E-state index in [1.807, 2.05) is 38.1 Å². The minimum Gasteiger partial charge on any atom is -0.352 e. The van der Waals surface area contributed by atoms with Gasteiger partial charge in [-0.05, 0) is 37.5 Å². The maximum atomic E-state index is 11.8. The molecule has 0 aromatic heterocycles. The lowest BCUT2D eigenvalue weighted by Gasteiger charge is -2.22. The van der Waals surface area contributed by atoms with Crippen molar-refractivity contribution in [2.24, 2.45) is 16.8 Å². The van der Waals surface area contributed by atoms with Crippen LogP contribution in [-0.2, 0) is 11.3 Å². The van der Waals surface area contributed by atoms with Gasteiger partial charge in [0.25, 0.3) is 0 Å². The van der Waals surface area contributed by atoms with E-state index in [1.165, 1.54) is 0 Å².